The van der Waals surface area contributed by atoms with Crippen LogP contribution in [0.2, 0.25) is 5.02 Å². The van der Waals surface area contributed by atoms with Gasteiger partial charge in [0.1, 0.15) is 5.82 Å². The van der Waals surface area contributed by atoms with Crippen LogP contribution in [-0.2, 0) is 6.42 Å². The number of aromatic nitrogens is 1. The number of halogens is 2. The van der Waals surface area contributed by atoms with E-state index in [0.717, 1.165) is 41.4 Å². The van der Waals surface area contributed by atoms with E-state index in [-0.39, 0.29) is 5.82 Å². The van der Waals surface area contributed by atoms with Crippen molar-refractivity contribution in [3.63, 3.8) is 0 Å². The Labute approximate surface area is 134 Å². The van der Waals surface area contributed by atoms with Gasteiger partial charge in [0.2, 0.25) is 0 Å². The molecule has 0 fully saturated rings. The van der Waals surface area contributed by atoms with Gasteiger partial charge in [-0.3, -0.25) is 0 Å². The maximum absolute atomic E-state index is 13.6. The zero-order valence-corrected chi connectivity index (χ0v) is 13.0. The highest BCUT2D eigenvalue weighted by Gasteiger charge is 2.14. The number of rotatable bonds is 5. The van der Waals surface area contributed by atoms with E-state index in [9.17, 15) is 4.39 Å². The van der Waals surface area contributed by atoms with Crippen LogP contribution in [0.25, 0.3) is 22.2 Å². The Balaban J connectivity index is 2.15. The van der Waals surface area contributed by atoms with E-state index in [4.69, 9.17) is 17.3 Å². The van der Waals surface area contributed by atoms with Gasteiger partial charge in [-0.1, -0.05) is 35.9 Å². The number of nitrogens with two attached hydrogens (primary N) is 1. The van der Waals surface area contributed by atoms with Crippen molar-refractivity contribution in [2.24, 2.45) is 5.73 Å². The van der Waals surface area contributed by atoms with Crippen molar-refractivity contribution in [3.8, 4) is 11.3 Å². The minimum Gasteiger partial charge on any atom is -0.353 e. The summed E-state index contributed by atoms with van der Waals surface area (Å²) in [6.07, 6.45) is 2.86. The van der Waals surface area contributed by atoms with Crippen LogP contribution in [0.4, 0.5) is 4.39 Å². The Morgan fingerprint density at radius 2 is 1.91 bits per heavy atom. The van der Waals surface area contributed by atoms with Crippen molar-refractivity contribution in [2.45, 2.75) is 19.3 Å². The summed E-state index contributed by atoms with van der Waals surface area (Å²) in [5.74, 6) is -0.241. The second-order valence-electron chi connectivity index (χ2n) is 5.40. The summed E-state index contributed by atoms with van der Waals surface area (Å²) >= 11 is 6.30. The predicted octanol–water partition coefficient (Wildman–Crippen LogP) is 4.91. The van der Waals surface area contributed by atoms with Gasteiger partial charge in [-0.25, -0.2) is 4.39 Å². The molecule has 0 atom stereocenters. The summed E-state index contributed by atoms with van der Waals surface area (Å²) in [5, 5.41) is 1.78. The van der Waals surface area contributed by atoms with E-state index in [2.05, 4.69) is 11.1 Å². The molecule has 4 heteroatoms. The number of aromatic amines is 1. The van der Waals surface area contributed by atoms with Gasteiger partial charge in [0.15, 0.2) is 0 Å². The van der Waals surface area contributed by atoms with Gasteiger partial charge < -0.3 is 10.7 Å². The highest BCUT2D eigenvalue weighted by atomic mass is 35.5. The molecule has 0 amide bonds. The number of H-pyrrole nitrogens is 1. The lowest BCUT2D eigenvalue weighted by Crippen LogP contribution is -1.99. The summed E-state index contributed by atoms with van der Waals surface area (Å²) in [5.41, 5.74) is 9.47. The third-order valence-corrected chi connectivity index (χ3v) is 4.20. The van der Waals surface area contributed by atoms with E-state index in [1.165, 1.54) is 11.6 Å². The van der Waals surface area contributed by atoms with Crippen molar-refractivity contribution >= 4 is 22.5 Å². The SMILES string of the molecule is NCCCCc1c(-c2cccc(F)c2)[nH]c2c(Cl)cccc12. The van der Waals surface area contributed by atoms with Crippen molar-refractivity contribution in [2.75, 3.05) is 6.54 Å². The summed E-state index contributed by atoms with van der Waals surface area (Å²) < 4.78 is 13.6. The monoisotopic (exact) mass is 316 g/mol. The second kappa shape index (κ2) is 6.51. The van der Waals surface area contributed by atoms with Gasteiger partial charge in [0.05, 0.1) is 10.5 Å². The Kier molecular flexibility index (Phi) is 4.46. The van der Waals surface area contributed by atoms with Crippen molar-refractivity contribution in [1.82, 2.24) is 4.98 Å². The predicted molar refractivity (Wildman–Crippen MR) is 90.7 cm³/mol. The molecule has 1 aromatic heterocycles. The summed E-state index contributed by atoms with van der Waals surface area (Å²) in [6.45, 7) is 0.679. The number of hydrogen-bond acceptors (Lipinski definition) is 1. The first-order valence-corrected chi connectivity index (χ1v) is 7.83. The molecule has 0 bridgehead atoms. The minimum absolute atomic E-state index is 0.241. The molecule has 0 saturated carbocycles. The molecule has 0 unspecified atom stereocenters. The molecule has 2 aromatic carbocycles. The third kappa shape index (κ3) is 2.87. The van der Waals surface area contributed by atoms with E-state index in [1.807, 2.05) is 18.2 Å². The zero-order valence-electron chi connectivity index (χ0n) is 12.2. The summed E-state index contributed by atoms with van der Waals surface area (Å²) in [4.78, 5) is 3.37. The molecule has 3 aromatic rings. The van der Waals surface area contributed by atoms with E-state index in [0.29, 0.717) is 11.6 Å². The van der Waals surface area contributed by atoms with E-state index < -0.39 is 0 Å². The number of unbranched alkanes of at least 4 members (excludes halogenated alkanes) is 1. The standard InChI is InChI=1S/C18H18ClFN2/c19-16-9-4-8-15-14(7-1-2-10-21)17(22-18(15)16)12-5-3-6-13(20)11-12/h3-6,8-9,11,22H,1-2,7,10,21H2. The molecule has 3 N–H and O–H groups in total. The molecule has 3 rings (SSSR count). The number of nitrogens with one attached hydrogen (secondary N) is 1. The molecule has 0 radical (unpaired) electrons. The van der Waals surface area contributed by atoms with Crippen LogP contribution in [0.1, 0.15) is 18.4 Å². The lowest BCUT2D eigenvalue weighted by molar-refractivity contribution is 0.628. The van der Waals surface area contributed by atoms with Gasteiger partial charge >= 0.3 is 0 Å². The molecule has 0 saturated heterocycles. The molecule has 1 heterocycles. The maximum atomic E-state index is 13.6. The fourth-order valence-corrected chi connectivity index (χ4v) is 3.06. The zero-order chi connectivity index (χ0) is 15.5. The van der Waals surface area contributed by atoms with Gasteiger partial charge in [-0.15, -0.1) is 0 Å². The Morgan fingerprint density at radius 3 is 2.68 bits per heavy atom. The first kappa shape index (κ1) is 15.1. The van der Waals surface area contributed by atoms with Gasteiger partial charge in [-0.05, 0) is 49.6 Å². The fraction of sp³-hybridized carbons (Fsp3) is 0.222. The van der Waals surface area contributed by atoms with E-state index >= 15 is 0 Å². The molecule has 22 heavy (non-hydrogen) atoms. The number of benzene rings is 2. The second-order valence-corrected chi connectivity index (χ2v) is 5.80. The quantitative estimate of drug-likeness (QED) is 0.645. The Morgan fingerprint density at radius 1 is 1.09 bits per heavy atom. The largest absolute Gasteiger partial charge is 0.353 e. The van der Waals surface area contributed by atoms with Crippen LogP contribution < -0.4 is 5.73 Å². The van der Waals surface area contributed by atoms with Crippen LogP contribution in [0.5, 0.6) is 0 Å². The van der Waals surface area contributed by atoms with E-state index in [1.54, 1.807) is 12.1 Å². The van der Waals surface area contributed by atoms with Gasteiger partial charge in [-0.2, -0.15) is 0 Å². The highest BCUT2D eigenvalue weighted by Crippen LogP contribution is 2.34. The number of aryl methyl sites for hydroxylation is 1. The molecule has 0 aliphatic heterocycles. The number of hydrogen-bond donors (Lipinski definition) is 2. The normalized spacial score (nSPS) is 11.2. The molecular formula is C18H18ClFN2. The molecular weight excluding hydrogens is 299 g/mol. The van der Waals surface area contributed by atoms with Crippen molar-refractivity contribution in [1.29, 1.82) is 0 Å². The fourth-order valence-electron chi connectivity index (χ4n) is 2.83. The molecule has 114 valence electrons. The average molecular weight is 317 g/mol. The van der Waals surface area contributed by atoms with Crippen LogP contribution in [0, 0.1) is 5.82 Å². The van der Waals surface area contributed by atoms with Crippen LogP contribution in [0.3, 0.4) is 0 Å². The summed E-state index contributed by atoms with van der Waals surface area (Å²) in [6, 6.07) is 12.5. The minimum atomic E-state index is -0.241. The third-order valence-electron chi connectivity index (χ3n) is 3.88. The number of para-hydroxylation sites is 1. The topological polar surface area (TPSA) is 41.8 Å². The van der Waals surface area contributed by atoms with Crippen molar-refractivity contribution in [3.05, 3.63) is 58.9 Å². The first-order chi connectivity index (χ1) is 10.7. The Hall–Kier alpha value is -1.84. The smallest absolute Gasteiger partial charge is 0.123 e. The Bertz CT molecular complexity index is 795. The summed E-state index contributed by atoms with van der Waals surface area (Å²) in [7, 11) is 0. The molecule has 0 spiro atoms. The van der Waals surface area contributed by atoms with Crippen LogP contribution in [0.15, 0.2) is 42.5 Å². The van der Waals surface area contributed by atoms with Crippen molar-refractivity contribution < 1.29 is 4.39 Å². The molecule has 0 aliphatic carbocycles. The van der Waals surface area contributed by atoms with Crippen LogP contribution in [-0.4, -0.2) is 11.5 Å². The molecule has 2 nitrogen and oxygen atoms in total. The lowest BCUT2D eigenvalue weighted by Gasteiger charge is -2.05. The lowest BCUT2D eigenvalue weighted by atomic mass is 10.0. The molecule has 0 aliphatic rings. The van der Waals surface area contributed by atoms with Crippen LogP contribution >= 0.6 is 11.6 Å². The average Bonchev–Trinajstić information content (AvgIpc) is 2.88. The highest BCUT2D eigenvalue weighted by molar-refractivity contribution is 6.35. The first-order valence-electron chi connectivity index (χ1n) is 7.46. The number of fused-ring (bicyclic) bond motifs is 1. The maximum Gasteiger partial charge on any atom is 0.123 e. The van der Waals surface area contributed by atoms with Gasteiger partial charge in [0, 0.05) is 16.6 Å². The van der Waals surface area contributed by atoms with Gasteiger partial charge in [0.25, 0.3) is 0 Å².